The van der Waals surface area contributed by atoms with Crippen LogP contribution in [-0.4, -0.2) is 38.9 Å². The second kappa shape index (κ2) is 24.8. The summed E-state index contributed by atoms with van der Waals surface area (Å²) in [6.07, 6.45) is 27.1. The van der Waals surface area contributed by atoms with Gasteiger partial charge in [0.2, 0.25) is 5.78 Å². The van der Waals surface area contributed by atoms with E-state index in [4.69, 9.17) is 0 Å². The fraction of sp³-hybridized carbons (Fsp3) is 0.943. The Hall–Kier alpha value is -0.780. The predicted octanol–water partition coefficient (Wildman–Crippen LogP) is 10.4. The number of amides is 1. The van der Waals surface area contributed by atoms with Crippen LogP contribution in [0.1, 0.15) is 195 Å². The first-order valence-corrected chi connectivity index (χ1v) is 17.6. The van der Waals surface area contributed by atoms with Crippen LogP contribution >= 0.6 is 0 Å². The zero-order valence-electron chi connectivity index (χ0n) is 27.6. The van der Waals surface area contributed by atoms with Gasteiger partial charge in [-0.05, 0) is 19.3 Å². The number of carbonyl (C=O) groups excluding carboxylic acids is 2. The van der Waals surface area contributed by atoms with Crippen molar-refractivity contribution in [3.63, 3.8) is 0 Å². The monoisotopic (exact) mass is 569 g/mol. The van der Waals surface area contributed by atoms with Crippen LogP contribution in [0.5, 0.6) is 0 Å². The van der Waals surface area contributed by atoms with Crippen LogP contribution in [0.4, 0.5) is 0 Å². The minimum atomic E-state index is -2.08. The summed E-state index contributed by atoms with van der Waals surface area (Å²) in [5, 5.41) is 23.3. The van der Waals surface area contributed by atoms with Crippen molar-refractivity contribution in [1.29, 1.82) is 0 Å². The zero-order valence-corrected chi connectivity index (χ0v) is 27.6. The van der Waals surface area contributed by atoms with Crippen LogP contribution in [0.2, 0.25) is 0 Å². The number of ketones is 1. The first kappa shape index (κ1) is 39.2. The van der Waals surface area contributed by atoms with E-state index in [0.717, 1.165) is 25.7 Å². The Morgan fingerprint density at radius 1 is 0.550 bits per heavy atom. The third kappa shape index (κ3) is 15.4. The summed E-state index contributed by atoms with van der Waals surface area (Å²) in [7, 11) is 0. The number of hydrogen-bond donors (Lipinski definition) is 2. The van der Waals surface area contributed by atoms with E-state index in [1.165, 1.54) is 103 Å². The lowest BCUT2D eigenvalue weighted by Crippen LogP contribution is -2.71. The number of quaternary nitrogens is 1. The molecule has 0 saturated heterocycles. The summed E-state index contributed by atoms with van der Waals surface area (Å²) in [4.78, 5) is 26.7. The molecule has 2 atom stereocenters. The minimum absolute atomic E-state index is 0.0650. The molecule has 5 heteroatoms. The summed E-state index contributed by atoms with van der Waals surface area (Å²) in [5.74, 6) is -1.35. The highest BCUT2D eigenvalue weighted by Gasteiger charge is 2.61. The molecule has 40 heavy (non-hydrogen) atoms. The Balaban J connectivity index is 4.58. The Morgan fingerprint density at radius 2 is 0.875 bits per heavy atom. The molecule has 2 N–H and O–H groups in total. The molecular weight excluding hydrogens is 498 g/mol. The maximum absolute atomic E-state index is 13.4. The average Bonchev–Trinajstić information content (AvgIpc) is 2.93. The van der Waals surface area contributed by atoms with Gasteiger partial charge < -0.3 is 5.11 Å². The molecule has 0 bridgehead atoms. The van der Waals surface area contributed by atoms with Crippen LogP contribution < -0.4 is 0 Å². The van der Waals surface area contributed by atoms with Crippen molar-refractivity contribution in [1.82, 2.24) is 0 Å². The number of aliphatic hydroxyl groups is 1. The van der Waals surface area contributed by atoms with E-state index in [9.17, 15) is 19.9 Å². The Morgan fingerprint density at radius 3 is 1.20 bits per heavy atom. The maximum atomic E-state index is 13.4. The van der Waals surface area contributed by atoms with E-state index in [-0.39, 0.29) is 25.2 Å². The van der Waals surface area contributed by atoms with E-state index < -0.39 is 22.2 Å². The van der Waals surface area contributed by atoms with Crippen LogP contribution in [0.15, 0.2) is 0 Å². The van der Waals surface area contributed by atoms with Crippen molar-refractivity contribution in [2.75, 3.05) is 6.54 Å². The van der Waals surface area contributed by atoms with Gasteiger partial charge in [0.15, 0.2) is 0 Å². The van der Waals surface area contributed by atoms with E-state index >= 15 is 0 Å². The molecule has 0 heterocycles. The number of nitrogens with zero attached hydrogens (tertiary/aromatic N) is 1. The van der Waals surface area contributed by atoms with E-state index in [1.807, 2.05) is 6.92 Å². The molecule has 2 unspecified atom stereocenters. The van der Waals surface area contributed by atoms with Crippen LogP contribution in [0, 0.1) is 5.92 Å². The second-order valence-corrected chi connectivity index (χ2v) is 12.8. The lowest BCUT2D eigenvalue weighted by Gasteiger charge is -2.42. The number of rotatable bonds is 29. The smallest absolute Gasteiger partial charge is 0.334 e. The largest absolute Gasteiger partial charge is 0.348 e. The molecule has 0 saturated carbocycles. The first-order valence-electron chi connectivity index (χ1n) is 17.6. The number of carbonyl (C=O) groups is 2. The van der Waals surface area contributed by atoms with E-state index in [1.54, 1.807) is 13.8 Å². The van der Waals surface area contributed by atoms with Gasteiger partial charge in [0, 0.05) is 12.3 Å². The minimum Gasteiger partial charge on any atom is -0.334 e. The number of hydroxylamine groups is 3. The second-order valence-electron chi connectivity index (χ2n) is 12.8. The van der Waals surface area contributed by atoms with Gasteiger partial charge >= 0.3 is 5.91 Å². The fourth-order valence-corrected chi connectivity index (χ4v) is 6.02. The highest BCUT2D eigenvalue weighted by molar-refractivity contribution is 5.87. The van der Waals surface area contributed by atoms with Crippen LogP contribution in [0.3, 0.4) is 0 Å². The van der Waals surface area contributed by atoms with Gasteiger partial charge in [0.05, 0.1) is 6.42 Å². The third-order valence-corrected chi connectivity index (χ3v) is 8.74. The van der Waals surface area contributed by atoms with E-state index in [0.29, 0.717) is 19.3 Å². The highest BCUT2D eigenvalue weighted by atomic mass is 16.6. The van der Waals surface area contributed by atoms with Gasteiger partial charge in [-0.2, -0.15) is 0 Å². The Kier molecular flexibility index (Phi) is 24.3. The van der Waals surface area contributed by atoms with Crippen LogP contribution in [0.25, 0.3) is 0 Å². The number of hydrogen-bond acceptors (Lipinski definition) is 4. The quantitative estimate of drug-likeness (QED) is 0.0309. The van der Waals surface area contributed by atoms with Gasteiger partial charge in [0.25, 0.3) is 5.72 Å². The van der Waals surface area contributed by atoms with Gasteiger partial charge in [-0.1, -0.05) is 168 Å². The molecule has 0 rings (SSSR count). The van der Waals surface area contributed by atoms with Crippen molar-refractivity contribution in [2.24, 2.45) is 5.92 Å². The summed E-state index contributed by atoms with van der Waals surface area (Å²) in [5.41, 5.74) is -2.08. The molecule has 0 fully saturated rings. The average molecular weight is 569 g/mol. The summed E-state index contributed by atoms with van der Waals surface area (Å²) >= 11 is 0. The van der Waals surface area contributed by atoms with Gasteiger partial charge in [-0.15, -0.1) is 0 Å². The first-order chi connectivity index (χ1) is 19.2. The molecule has 0 aromatic carbocycles. The molecule has 0 aliphatic rings. The zero-order chi connectivity index (χ0) is 30.1. The predicted molar refractivity (Wildman–Crippen MR) is 169 cm³/mol. The van der Waals surface area contributed by atoms with Crippen molar-refractivity contribution in [3.8, 4) is 0 Å². The summed E-state index contributed by atoms with van der Waals surface area (Å²) < 4.78 is -1.16. The van der Waals surface area contributed by atoms with Crippen molar-refractivity contribution in [2.45, 2.75) is 201 Å². The Bertz CT molecular complexity index is 623. The number of unbranched alkanes of at least 4 members (excludes halogenated alkanes) is 20. The molecule has 5 nitrogen and oxygen atoms in total. The summed E-state index contributed by atoms with van der Waals surface area (Å²) in [6.45, 7) is 9.92. The number of Topliss-reactive ketones (excluding diaryl/α,β-unsaturated/α-hetero) is 1. The van der Waals surface area contributed by atoms with Gasteiger partial charge in [-0.3, -0.25) is 4.79 Å². The lowest BCUT2D eigenvalue weighted by molar-refractivity contribution is -1.09. The molecule has 0 radical (unpaired) electrons. The SMILES string of the molecule is CCCCCCCCCCCCCC(=O)C(O)(C(C)C)[N+](O)(CCC)C(=O)CCCCCCCCCCCCC. The normalized spacial score (nSPS) is 14.8. The standard InChI is InChI=1S/C35H70NO4/c1-6-9-11-13-15-17-19-21-23-25-27-29-33(37)35(39,32(4)5)36(40,31-8-3)34(38)30-28-26-24-22-20-18-16-14-12-10-7-2/h32,39-40H,6-31H2,1-5H3/q+1. The van der Waals surface area contributed by atoms with E-state index in [2.05, 4.69) is 13.8 Å². The third-order valence-electron chi connectivity index (χ3n) is 8.74. The van der Waals surface area contributed by atoms with Crippen LogP contribution in [-0.2, 0) is 9.59 Å². The van der Waals surface area contributed by atoms with Gasteiger partial charge in [-0.25, -0.2) is 10.0 Å². The molecule has 0 aromatic heterocycles. The van der Waals surface area contributed by atoms with Crippen molar-refractivity contribution in [3.05, 3.63) is 0 Å². The molecule has 0 aromatic rings. The molecular formula is C35H70NO4+. The fourth-order valence-electron chi connectivity index (χ4n) is 6.02. The molecule has 238 valence electrons. The highest BCUT2D eigenvalue weighted by Crippen LogP contribution is 2.33. The molecule has 0 aliphatic heterocycles. The van der Waals surface area contributed by atoms with Crippen molar-refractivity contribution < 1.29 is 24.5 Å². The summed E-state index contributed by atoms with van der Waals surface area (Å²) in [6, 6.07) is 0. The Labute approximate surface area is 249 Å². The van der Waals surface area contributed by atoms with Crippen molar-refractivity contribution >= 4 is 11.7 Å². The topological polar surface area (TPSA) is 74.6 Å². The maximum Gasteiger partial charge on any atom is 0.348 e. The molecule has 0 aliphatic carbocycles. The molecule has 1 amide bonds. The molecule has 0 spiro atoms. The van der Waals surface area contributed by atoms with Gasteiger partial charge in [0.1, 0.15) is 6.54 Å². The lowest BCUT2D eigenvalue weighted by atomic mass is 9.88.